The number of aromatic nitrogens is 3. The minimum absolute atomic E-state index is 0.228. The summed E-state index contributed by atoms with van der Waals surface area (Å²) in [6.45, 7) is 0.457. The average molecular weight is 437 g/mol. The summed E-state index contributed by atoms with van der Waals surface area (Å²) in [4.78, 5) is 0.228. The van der Waals surface area contributed by atoms with Crippen LogP contribution in [-0.2, 0) is 10.0 Å². The Morgan fingerprint density at radius 1 is 1.23 bits per heavy atom. The molecule has 26 heavy (non-hydrogen) atoms. The zero-order chi connectivity index (χ0) is 18.3. The van der Waals surface area contributed by atoms with E-state index in [9.17, 15) is 8.42 Å². The van der Waals surface area contributed by atoms with E-state index in [2.05, 4.69) is 26.1 Å². The number of nitrogens with zero attached hydrogens (tertiary/aromatic N) is 4. The molecule has 0 aliphatic carbocycles. The second kappa shape index (κ2) is 6.64. The smallest absolute Gasteiger partial charge is 0.243 e. The quantitative estimate of drug-likeness (QED) is 0.627. The standard InChI is InChI=1S/C17H17BrN4O3S/c1-25-15-8-7-12(11-13(15)18)26(23,24)22-10-4-5-14(22)17-20-19-16-6-2-3-9-21(16)17/h2-3,6-9,11,14H,4-5,10H2,1H3. The van der Waals surface area contributed by atoms with E-state index in [-0.39, 0.29) is 10.9 Å². The van der Waals surface area contributed by atoms with Crippen LogP contribution in [0.1, 0.15) is 24.7 Å². The Morgan fingerprint density at radius 3 is 2.85 bits per heavy atom. The molecule has 9 heteroatoms. The Balaban J connectivity index is 1.75. The second-order valence-corrected chi connectivity index (χ2v) is 8.80. The Hall–Kier alpha value is -1.97. The van der Waals surface area contributed by atoms with Crippen molar-refractivity contribution in [3.8, 4) is 5.75 Å². The van der Waals surface area contributed by atoms with E-state index in [1.807, 2.05) is 28.8 Å². The first kappa shape index (κ1) is 17.4. The molecule has 1 saturated heterocycles. The van der Waals surface area contributed by atoms with Crippen LogP contribution in [0.3, 0.4) is 0 Å². The molecule has 3 aromatic rings. The molecule has 1 atom stereocenters. The lowest BCUT2D eigenvalue weighted by Crippen LogP contribution is -2.31. The molecular formula is C17H17BrN4O3S. The number of hydrogen-bond acceptors (Lipinski definition) is 5. The van der Waals surface area contributed by atoms with Crippen LogP contribution >= 0.6 is 15.9 Å². The molecule has 1 aromatic carbocycles. The minimum Gasteiger partial charge on any atom is -0.496 e. The Morgan fingerprint density at radius 2 is 2.08 bits per heavy atom. The van der Waals surface area contributed by atoms with Crippen molar-refractivity contribution in [2.75, 3.05) is 13.7 Å². The number of ether oxygens (including phenoxy) is 1. The number of methoxy groups -OCH3 is 1. The molecule has 0 spiro atoms. The number of pyridine rings is 1. The molecular weight excluding hydrogens is 420 g/mol. The largest absolute Gasteiger partial charge is 0.496 e. The predicted octanol–water partition coefficient (Wildman–Crippen LogP) is 3.03. The Labute approximate surface area is 159 Å². The molecule has 3 heterocycles. The SMILES string of the molecule is COc1ccc(S(=O)(=O)N2CCCC2c2nnc3ccccn23)cc1Br. The van der Waals surface area contributed by atoms with Crippen LogP contribution in [0.4, 0.5) is 0 Å². The van der Waals surface area contributed by atoms with Gasteiger partial charge in [0, 0.05) is 12.7 Å². The van der Waals surface area contributed by atoms with Gasteiger partial charge in [-0.1, -0.05) is 6.07 Å². The number of hydrogen-bond donors (Lipinski definition) is 0. The van der Waals surface area contributed by atoms with Crippen LogP contribution in [0.5, 0.6) is 5.75 Å². The van der Waals surface area contributed by atoms with Crippen LogP contribution in [0.15, 0.2) is 52.0 Å². The maximum Gasteiger partial charge on any atom is 0.243 e. The molecule has 0 amide bonds. The Kier molecular flexibility index (Phi) is 4.45. The molecule has 1 fully saturated rings. The van der Waals surface area contributed by atoms with Gasteiger partial charge in [-0.15, -0.1) is 10.2 Å². The maximum atomic E-state index is 13.2. The second-order valence-electron chi connectivity index (χ2n) is 6.06. The van der Waals surface area contributed by atoms with Gasteiger partial charge in [0.1, 0.15) is 5.75 Å². The molecule has 0 bridgehead atoms. The van der Waals surface area contributed by atoms with Gasteiger partial charge in [-0.3, -0.25) is 4.40 Å². The van der Waals surface area contributed by atoms with Gasteiger partial charge < -0.3 is 4.74 Å². The molecule has 0 N–H and O–H groups in total. The molecule has 1 aliphatic rings. The zero-order valence-electron chi connectivity index (χ0n) is 14.0. The van der Waals surface area contributed by atoms with Gasteiger partial charge in [0.05, 0.1) is 22.5 Å². The molecule has 7 nitrogen and oxygen atoms in total. The summed E-state index contributed by atoms with van der Waals surface area (Å²) in [6, 6.07) is 10.1. The fraction of sp³-hybridized carbons (Fsp3) is 0.294. The zero-order valence-corrected chi connectivity index (χ0v) is 16.4. The highest BCUT2D eigenvalue weighted by atomic mass is 79.9. The van der Waals surface area contributed by atoms with E-state index in [4.69, 9.17) is 4.74 Å². The van der Waals surface area contributed by atoms with Gasteiger partial charge in [0.25, 0.3) is 0 Å². The van der Waals surface area contributed by atoms with Crippen LogP contribution < -0.4 is 4.74 Å². The Bertz CT molecular complexity index is 1070. The van der Waals surface area contributed by atoms with Crippen molar-refractivity contribution < 1.29 is 13.2 Å². The lowest BCUT2D eigenvalue weighted by molar-refractivity contribution is 0.381. The van der Waals surface area contributed by atoms with Crippen LogP contribution in [0.2, 0.25) is 0 Å². The van der Waals surface area contributed by atoms with Crippen LogP contribution in [0, 0.1) is 0 Å². The number of fused-ring (bicyclic) bond motifs is 1. The summed E-state index contributed by atoms with van der Waals surface area (Å²) < 4.78 is 35.6. The molecule has 0 saturated carbocycles. The van der Waals surface area contributed by atoms with Crippen LogP contribution in [0.25, 0.3) is 5.65 Å². The summed E-state index contributed by atoms with van der Waals surface area (Å²) in [5, 5.41) is 8.41. The number of halogens is 1. The molecule has 136 valence electrons. The minimum atomic E-state index is -3.66. The third kappa shape index (κ3) is 2.80. The maximum absolute atomic E-state index is 13.2. The fourth-order valence-electron chi connectivity index (χ4n) is 3.32. The number of rotatable bonds is 4. The van der Waals surface area contributed by atoms with E-state index < -0.39 is 10.0 Å². The number of sulfonamides is 1. The highest BCUT2D eigenvalue weighted by Crippen LogP contribution is 2.37. The van der Waals surface area contributed by atoms with Crippen LogP contribution in [-0.4, -0.2) is 41.0 Å². The predicted molar refractivity (Wildman–Crippen MR) is 99.5 cm³/mol. The lowest BCUT2D eigenvalue weighted by Gasteiger charge is -2.23. The van der Waals surface area contributed by atoms with Crippen molar-refractivity contribution in [2.24, 2.45) is 0 Å². The fourth-order valence-corrected chi connectivity index (χ4v) is 5.69. The highest BCUT2D eigenvalue weighted by Gasteiger charge is 2.38. The summed E-state index contributed by atoms with van der Waals surface area (Å²) in [5.74, 6) is 1.24. The van der Waals surface area contributed by atoms with Gasteiger partial charge in [0.2, 0.25) is 10.0 Å². The molecule has 2 aromatic heterocycles. The van der Waals surface area contributed by atoms with E-state index in [1.54, 1.807) is 25.3 Å². The van der Waals surface area contributed by atoms with E-state index in [1.165, 1.54) is 4.31 Å². The summed E-state index contributed by atoms with van der Waals surface area (Å²) in [5.41, 5.74) is 0.707. The van der Waals surface area contributed by atoms with Crippen molar-refractivity contribution in [3.05, 3.63) is 52.9 Å². The van der Waals surface area contributed by atoms with Crippen molar-refractivity contribution in [3.63, 3.8) is 0 Å². The van der Waals surface area contributed by atoms with Gasteiger partial charge in [-0.05, 0) is 59.1 Å². The highest BCUT2D eigenvalue weighted by molar-refractivity contribution is 9.10. The third-order valence-corrected chi connectivity index (χ3v) is 7.10. The summed E-state index contributed by atoms with van der Waals surface area (Å²) in [7, 11) is -2.12. The molecule has 0 radical (unpaired) electrons. The molecule has 1 aliphatic heterocycles. The monoisotopic (exact) mass is 436 g/mol. The van der Waals surface area contributed by atoms with E-state index >= 15 is 0 Å². The van der Waals surface area contributed by atoms with Gasteiger partial charge in [-0.2, -0.15) is 4.31 Å². The normalized spacial score (nSPS) is 18.5. The topological polar surface area (TPSA) is 76.8 Å². The molecule has 1 unspecified atom stereocenters. The van der Waals surface area contributed by atoms with Crippen molar-refractivity contribution >= 4 is 31.6 Å². The van der Waals surface area contributed by atoms with E-state index in [0.717, 1.165) is 6.42 Å². The first-order chi connectivity index (χ1) is 12.5. The van der Waals surface area contributed by atoms with Gasteiger partial charge in [0.15, 0.2) is 11.5 Å². The third-order valence-electron chi connectivity index (χ3n) is 4.57. The van der Waals surface area contributed by atoms with Crippen molar-refractivity contribution in [1.29, 1.82) is 0 Å². The van der Waals surface area contributed by atoms with Gasteiger partial charge >= 0.3 is 0 Å². The lowest BCUT2D eigenvalue weighted by atomic mass is 10.2. The van der Waals surface area contributed by atoms with E-state index in [0.29, 0.717) is 34.7 Å². The average Bonchev–Trinajstić information content (AvgIpc) is 3.28. The first-order valence-electron chi connectivity index (χ1n) is 8.17. The van der Waals surface area contributed by atoms with Crippen molar-refractivity contribution in [1.82, 2.24) is 18.9 Å². The molecule has 4 rings (SSSR count). The number of benzene rings is 1. The summed E-state index contributed by atoms with van der Waals surface area (Å²) >= 11 is 3.36. The van der Waals surface area contributed by atoms with Gasteiger partial charge in [-0.25, -0.2) is 8.42 Å². The summed E-state index contributed by atoms with van der Waals surface area (Å²) in [6.07, 6.45) is 3.35. The first-order valence-corrected chi connectivity index (χ1v) is 10.4. The van der Waals surface area contributed by atoms with Crippen molar-refractivity contribution in [2.45, 2.75) is 23.8 Å².